The fourth-order valence-corrected chi connectivity index (χ4v) is 6.34. The van der Waals surface area contributed by atoms with Crippen molar-refractivity contribution in [3.8, 4) is 0 Å². The van der Waals surface area contributed by atoms with Crippen LogP contribution in [0.15, 0.2) is 95.1 Å². The maximum atomic E-state index is 5.00. The monoisotopic (exact) mass is 445 g/mol. The van der Waals surface area contributed by atoms with E-state index >= 15 is 0 Å². The summed E-state index contributed by atoms with van der Waals surface area (Å²) < 4.78 is 0. The molecule has 4 bridgehead atoms. The van der Waals surface area contributed by atoms with Crippen LogP contribution in [-0.2, 0) is 0 Å². The van der Waals surface area contributed by atoms with E-state index in [1.807, 2.05) is 6.21 Å². The molecule has 168 valence electrons. The molecule has 0 N–H and O–H groups in total. The van der Waals surface area contributed by atoms with Gasteiger partial charge < -0.3 is 0 Å². The van der Waals surface area contributed by atoms with E-state index in [9.17, 15) is 0 Å². The SMILES string of the molecule is C(=N\N=C(/c1ccccc1)C12CN3CN(CN(C3)C1)C2)/c1c2ccccc2cc2ccccc12. The van der Waals surface area contributed by atoms with Crippen LogP contribution in [0.1, 0.15) is 11.1 Å². The van der Waals surface area contributed by atoms with E-state index in [2.05, 4.69) is 99.6 Å². The van der Waals surface area contributed by atoms with E-state index in [0.717, 1.165) is 50.9 Å². The summed E-state index contributed by atoms with van der Waals surface area (Å²) in [6, 6.07) is 30.0. The van der Waals surface area contributed by atoms with E-state index in [1.54, 1.807) is 0 Å². The standard InChI is InChI=1S/C29H27N5/c1-2-8-22(9-3-1)28(29-16-32-19-33(17-29)21-34(18-29)20-32)31-30-15-27-25-12-6-4-10-23(25)14-24-11-5-7-13-26(24)27/h1-15H,16-21H2/b30-15+,31-28+. The maximum Gasteiger partial charge on any atom is 0.0802 e. The molecule has 4 aliphatic heterocycles. The average Bonchev–Trinajstić information content (AvgIpc) is 2.85. The van der Waals surface area contributed by atoms with Gasteiger partial charge in [0.15, 0.2) is 0 Å². The lowest BCUT2D eigenvalue weighted by molar-refractivity contribution is -0.149. The number of rotatable bonds is 4. The van der Waals surface area contributed by atoms with Crippen LogP contribution < -0.4 is 0 Å². The molecular formula is C29H27N5. The van der Waals surface area contributed by atoms with Crippen molar-refractivity contribution in [3.05, 3.63) is 96.1 Å². The zero-order valence-electron chi connectivity index (χ0n) is 19.1. The van der Waals surface area contributed by atoms with Crippen molar-refractivity contribution in [1.29, 1.82) is 0 Å². The number of nitrogens with zero attached hydrogens (tertiary/aromatic N) is 5. The largest absolute Gasteiger partial charge is 0.276 e. The van der Waals surface area contributed by atoms with E-state index in [0.29, 0.717) is 0 Å². The summed E-state index contributed by atoms with van der Waals surface area (Å²) in [7, 11) is 0. The second-order valence-electron chi connectivity index (χ2n) is 9.98. The van der Waals surface area contributed by atoms with Gasteiger partial charge in [-0.15, -0.1) is 0 Å². The molecule has 4 heterocycles. The summed E-state index contributed by atoms with van der Waals surface area (Å²) >= 11 is 0. The molecule has 0 spiro atoms. The third-order valence-electron chi connectivity index (χ3n) is 7.49. The van der Waals surface area contributed by atoms with Crippen LogP contribution >= 0.6 is 0 Å². The Hall–Kier alpha value is -3.38. The van der Waals surface area contributed by atoms with Crippen molar-refractivity contribution < 1.29 is 0 Å². The summed E-state index contributed by atoms with van der Waals surface area (Å²) in [4.78, 5) is 7.62. The molecule has 0 amide bonds. The Morgan fingerprint density at radius 1 is 0.676 bits per heavy atom. The molecule has 0 unspecified atom stereocenters. The predicted molar refractivity (Wildman–Crippen MR) is 139 cm³/mol. The predicted octanol–water partition coefficient (Wildman–Crippen LogP) is 4.62. The van der Waals surface area contributed by atoms with Crippen molar-refractivity contribution in [1.82, 2.24) is 14.7 Å². The molecule has 4 aromatic carbocycles. The fraction of sp³-hybridized carbons (Fsp3) is 0.241. The van der Waals surface area contributed by atoms with Gasteiger partial charge in [-0.3, -0.25) is 14.7 Å². The van der Waals surface area contributed by atoms with Gasteiger partial charge in [-0.05, 0) is 33.2 Å². The van der Waals surface area contributed by atoms with Crippen molar-refractivity contribution in [2.75, 3.05) is 39.6 Å². The molecule has 5 heteroatoms. The van der Waals surface area contributed by atoms with E-state index in [1.165, 1.54) is 27.1 Å². The van der Waals surface area contributed by atoms with Gasteiger partial charge in [0.05, 0.1) is 37.3 Å². The highest BCUT2D eigenvalue weighted by molar-refractivity contribution is 6.13. The van der Waals surface area contributed by atoms with Crippen molar-refractivity contribution in [2.45, 2.75) is 0 Å². The lowest BCUT2D eigenvalue weighted by atomic mass is 9.74. The molecule has 5 nitrogen and oxygen atoms in total. The lowest BCUT2D eigenvalue weighted by Crippen LogP contribution is -2.74. The molecule has 0 radical (unpaired) electrons. The highest BCUT2D eigenvalue weighted by Gasteiger charge is 2.51. The highest BCUT2D eigenvalue weighted by Crippen LogP contribution is 2.38. The maximum absolute atomic E-state index is 5.00. The summed E-state index contributed by atoms with van der Waals surface area (Å²) in [5, 5.41) is 14.7. The first-order valence-corrected chi connectivity index (χ1v) is 12.0. The minimum Gasteiger partial charge on any atom is -0.276 e. The minimum atomic E-state index is -0.0196. The Kier molecular flexibility index (Phi) is 4.62. The molecule has 0 atom stereocenters. The number of hydrogen-bond donors (Lipinski definition) is 0. The smallest absolute Gasteiger partial charge is 0.0802 e. The van der Waals surface area contributed by atoms with Crippen molar-refractivity contribution in [3.63, 3.8) is 0 Å². The molecule has 34 heavy (non-hydrogen) atoms. The summed E-state index contributed by atoms with van der Waals surface area (Å²) in [5.41, 5.74) is 3.39. The summed E-state index contributed by atoms with van der Waals surface area (Å²) in [6.07, 6.45) is 1.97. The zero-order valence-corrected chi connectivity index (χ0v) is 19.1. The van der Waals surface area contributed by atoms with Gasteiger partial charge in [-0.2, -0.15) is 10.2 Å². The Morgan fingerprint density at radius 3 is 1.79 bits per heavy atom. The van der Waals surface area contributed by atoms with Crippen LogP contribution in [0.4, 0.5) is 0 Å². The Labute approximate surface area is 199 Å². The van der Waals surface area contributed by atoms with Crippen LogP contribution in [-0.4, -0.2) is 66.3 Å². The van der Waals surface area contributed by atoms with Crippen LogP contribution in [0, 0.1) is 5.41 Å². The second kappa shape index (κ2) is 7.84. The van der Waals surface area contributed by atoms with E-state index < -0.39 is 0 Å². The molecule has 4 fully saturated rings. The zero-order chi connectivity index (χ0) is 22.5. The molecule has 0 aliphatic carbocycles. The second-order valence-corrected chi connectivity index (χ2v) is 9.98. The first-order chi connectivity index (χ1) is 16.8. The third-order valence-corrected chi connectivity index (χ3v) is 7.49. The van der Waals surface area contributed by atoms with Crippen LogP contribution in [0.2, 0.25) is 0 Å². The van der Waals surface area contributed by atoms with Gasteiger partial charge in [-0.1, -0.05) is 78.9 Å². The first-order valence-electron chi connectivity index (χ1n) is 12.0. The molecule has 4 saturated heterocycles. The first kappa shape index (κ1) is 20.0. The van der Waals surface area contributed by atoms with Crippen LogP contribution in [0.5, 0.6) is 0 Å². The summed E-state index contributed by atoms with van der Waals surface area (Å²) in [6.45, 7) is 6.31. The van der Waals surface area contributed by atoms with Gasteiger partial charge in [-0.25, -0.2) is 0 Å². The molecule has 0 saturated carbocycles. The van der Waals surface area contributed by atoms with Gasteiger partial charge in [0, 0.05) is 25.2 Å². The Balaban J connectivity index is 1.36. The lowest BCUT2D eigenvalue weighted by Gasteiger charge is -2.60. The molecule has 4 aliphatic rings. The van der Waals surface area contributed by atoms with Crippen molar-refractivity contribution >= 4 is 33.5 Å². The number of hydrogen-bond acceptors (Lipinski definition) is 5. The average molecular weight is 446 g/mol. The Morgan fingerprint density at radius 2 is 1.21 bits per heavy atom. The Bertz CT molecular complexity index is 1350. The van der Waals surface area contributed by atoms with Crippen LogP contribution in [0.3, 0.4) is 0 Å². The van der Waals surface area contributed by atoms with E-state index in [4.69, 9.17) is 10.2 Å². The van der Waals surface area contributed by atoms with Crippen molar-refractivity contribution in [2.24, 2.45) is 15.6 Å². The van der Waals surface area contributed by atoms with Gasteiger partial charge in [0.25, 0.3) is 0 Å². The molecule has 0 aromatic heterocycles. The van der Waals surface area contributed by atoms with Crippen LogP contribution in [0.25, 0.3) is 21.5 Å². The topological polar surface area (TPSA) is 34.4 Å². The molecule has 4 aromatic rings. The van der Waals surface area contributed by atoms with Gasteiger partial charge in [0.2, 0.25) is 0 Å². The minimum absolute atomic E-state index is 0.0196. The van der Waals surface area contributed by atoms with E-state index in [-0.39, 0.29) is 5.41 Å². The number of benzene rings is 4. The fourth-order valence-electron chi connectivity index (χ4n) is 6.34. The van der Waals surface area contributed by atoms with Gasteiger partial charge >= 0.3 is 0 Å². The quantitative estimate of drug-likeness (QED) is 0.261. The molecule has 8 rings (SSSR count). The van der Waals surface area contributed by atoms with Gasteiger partial charge in [0.1, 0.15) is 0 Å². The summed E-state index contributed by atoms with van der Waals surface area (Å²) in [5.74, 6) is 0. The molecular weight excluding hydrogens is 418 g/mol. The normalized spacial score (nSPS) is 28.4. The third kappa shape index (κ3) is 3.28. The number of fused-ring (bicyclic) bond motifs is 2. The highest BCUT2D eigenvalue weighted by atomic mass is 15.5.